The molecule has 0 rings (SSSR count). The van der Waals surface area contributed by atoms with E-state index >= 15 is 0 Å². The summed E-state index contributed by atoms with van der Waals surface area (Å²) < 4.78 is 0. The lowest BCUT2D eigenvalue weighted by Gasteiger charge is -1.72. The molecule has 0 saturated carbocycles. The fraction of sp³-hybridized carbons (Fsp3) is 0.222. The van der Waals surface area contributed by atoms with Gasteiger partial charge in [-0.05, 0) is 20.3 Å². The molecule has 0 amide bonds. The first kappa shape index (κ1) is 8.22. The highest BCUT2D eigenvalue weighted by Gasteiger charge is 1.60. The smallest absolute Gasteiger partial charge is 0.0347 e. The van der Waals surface area contributed by atoms with E-state index in [4.69, 9.17) is 0 Å². The van der Waals surface area contributed by atoms with Gasteiger partial charge in [0.05, 0.1) is 0 Å². The molecular formula is C9H13. The summed E-state index contributed by atoms with van der Waals surface area (Å²) in [6.45, 7) is 5.66. The van der Waals surface area contributed by atoms with Gasteiger partial charge in [-0.2, -0.15) is 0 Å². The fourth-order valence-electron chi connectivity index (χ4n) is 0.414. The molecule has 0 nitrogen and oxygen atoms in total. The minimum Gasteiger partial charge on any atom is -0.0877 e. The second-order valence-corrected chi connectivity index (χ2v) is 1.63. The molecule has 49 valence electrons. The molecule has 0 aromatic heterocycles. The van der Waals surface area contributed by atoms with Gasteiger partial charge in [-0.1, -0.05) is 36.5 Å². The van der Waals surface area contributed by atoms with E-state index in [0.717, 1.165) is 6.42 Å². The molecular weight excluding hydrogens is 108 g/mol. The lowest BCUT2D eigenvalue weighted by Crippen LogP contribution is -1.51. The average molecular weight is 121 g/mol. The Bertz CT molecular complexity index is 116. The van der Waals surface area contributed by atoms with Gasteiger partial charge in [0.25, 0.3) is 0 Å². The maximum Gasteiger partial charge on any atom is -0.0347 e. The summed E-state index contributed by atoms with van der Waals surface area (Å²) in [5.41, 5.74) is 0. The third-order valence-corrected chi connectivity index (χ3v) is 0.829. The van der Waals surface area contributed by atoms with E-state index in [0.29, 0.717) is 0 Å². The first-order chi connectivity index (χ1) is 4.41. The third-order valence-electron chi connectivity index (χ3n) is 0.829. The minimum atomic E-state index is 0.861. The lowest BCUT2D eigenvalue weighted by molar-refractivity contribution is 1.40. The molecule has 0 atom stereocenters. The average Bonchev–Trinajstić information content (AvgIpc) is 1.89. The Balaban J connectivity index is 3.35. The van der Waals surface area contributed by atoms with Gasteiger partial charge in [-0.3, -0.25) is 0 Å². The van der Waals surface area contributed by atoms with Gasteiger partial charge in [-0.15, -0.1) is 0 Å². The van der Waals surface area contributed by atoms with Crippen LogP contribution in [0.3, 0.4) is 0 Å². The Hall–Kier alpha value is -0.780. The van der Waals surface area contributed by atoms with Gasteiger partial charge in [0.15, 0.2) is 0 Å². The van der Waals surface area contributed by atoms with E-state index in [1.807, 2.05) is 43.4 Å². The number of rotatable bonds is 3. The zero-order chi connectivity index (χ0) is 6.95. The lowest BCUT2D eigenvalue weighted by atomic mass is 10.4. The summed E-state index contributed by atoms with van der Waals surface area (Å²) >= 11 is 0. The van der Waals surface area contributed by atoms with Crippen molar-refractivity contribution in [2.24, 2.45) is 0 Å². The monoisotopic (exact) mass is 121 g/mol. The first-order valence-corrected chi connectivity index (χ1v) is 3.15. The topological polar surface area (TPSA) is 0 Å². The molecule has 0 saturated heterocycles. The van der Waals surface area contributed by atoms with Gasteiger partial charge in [0.1, 0.15) is 0 Å². The van der Waals surface area contributed by atoms with Crippen LogP contribution < -0.4 is 0 Å². The van der Waals surface area contributed by atoms with Crippen LogP contribution in [-0.2, 0) is 0 Å². The Morgan fingerprint density at radius 3 is 2.33 bits per heavy atom. The van der Waals surface area contributed by atoms with E-state index in [-0.39, 0.29) is 0 Å². The van der Waals surface area contributed by atoms with Crippen LogP contribution in [0.2, 0.25) is 0 Å². The van der Waals surface area contributed by atoms with Crippen LogP contribution in [0.5, 0.6) is 0 Å². The number of hydrogen-bond acceptors (Lipinski definition) is 0. The molecule has 0 aromatic carbocycles. The number of hydrogen-bond donors (Lipinski definition) is 0. The van der Waals surface area contributed by atoms with Crippen molar-refractivity contribution in [2.45, 2.75) is 13.3 Å². The normalized spacial score (nSPS) is 12.7. The predicted molar refractivity (Wildman–Crippen MR) is 43.1 cm³/mol. The SMILES string of the molecule is [CH2]CC=CC=CC=CC. The van der Waals surface area contributed by atoms with Gasteiger partial charge in [0, 0.05) is 0 Å². The molecule has 1 radical (unpaired) electrons. The molecule has 0 heteroatoms. The van der Waals surface area contributed by atoms with Crippen LogP contribution >= 0.6 is 0 Å². The van der Waals surface area contributed by atoms with Crippen LogP contribution in [0.15, 0.2) is 36.5 Å². The zero-order valence-corrected chi connectivity index (χ0v) is 5.88. The molecule has 0 unspecified atom stereocenters. The summed E-state index contributed by atoms with van der Waals surface area (Å²) in [5.74, 6) is 0. The van der Waals surface area contributed by atoms with Gasteiger partial charge >= 0.3 is 0 Å². The largest absolute Gasteiger partial charge is 0.0877 e. The van der Waals surface area contributed by atoms with E-state index in [1.165, 1.54) is 0 Å². The van der Waals surface area contributed by atoms with Crippen molar-refractivity contribution in [1.82, 2.24) is 0 Å². The fourth-order valence-corrected chi connectivity index (χ4v) is 0.414. The summed E-state index contributed by atoms with van der Waals surface area (Å²) in [6, 6.07) is 0. The molecule has 0 heterocycles. The highest BCUT2D eigenvalue weighted by Crippen LogP contribution is 1.81. The first-order valence-electron chi connectivity index (χ1n) is 3.15. The van der Waals surface area contributed by atoms with Crippen molar-refractivity contribution in [2.75, 3.05) is 0 Å². The van der Waals surface area contributed by atoms with Gasteiger partial charge < -0.3 is 0 Å². The Labute approximate surface area is 57.6 Å². The summed E-state index contributed by atoms with van der Waals surface area (Å²) in [7, 11) is 0. The van der Waals surface area contributed by atoms with Crippen molar-refractivity contribution >= 4 is 0 Å². The zero-order valence-electron chi connectivity index (χ0n) is 5.88. The van der Waals surface area contributed by atoms with Crippen molar-refractivity contribution < 1.29 is 0 Å². The van der Waals surface area contributed by atoms with Gasteiger partial charge in [0.2, 0.25) is 0 Å². The Kier molecular flexibility index (Phi) is 6.59. The Morgan fingerprint density at radius 1 is 1.11 bits per heavy atom. The van der Waals surface area contributed by atoms with Crippen LogP contribution in [0, 0.1) is 6.92 Å². The second-order valence-electron chi connectivity index (χ2n) is 1.63. The summed E-state index contributed by atoms with van der Waals surface area (Å²) in [6.07, 6.45) is 12.8. The van der Waals surface area contributed by atoms with E-state index in [1.54, 1.807) is 0 Å². The summed E-state index contributed by atoms with van der Waals surface area (Å²) in [5, 5.41) is 0. The summed E-state index contributed by atoms with van der Waals surface area (Å²) in [4.78, 5) is 0. The standard InChI is InChI=1S/C9H13/c1-3-5-7-9-8-6-4-2/h4-9H,1,3H2,2H3. The second kappa shape index (κ2) is 7.22. The molecule has 0 N–H and O–H groups in total. The predicted octanol–water partition coefficient (Wildman–Crippen LogP) is 2.90. The van der Waals surface area contributed by atoms with Crippen LogP contribution in [-0.4, -0.2) is 0 Å². The molecule has 0 spiro atoms. The number of allylic oxidation sites excluding steroid dienone is 6. The molecule has 0 fully saturated rings. The van der Waals surface area contributed by atoms with Gasteiger partial charge in [-0.25, -0.2) is 0 Å². The van der Waals surface area contributed by atoms with Crippen molar-refractivity contribution in [3.63, 3.8) is 0 Å². The maximum absolute atomic E-state index is 3.66. The molecule has 0 aromatic rings. The van der Waals surface area contributed by atoms with E-state index in [9.17, 15) is 0 Å². The Morgan fingerprint density at radius 2 is 1.78 bits per heavy atom. The minimum absolute atomic E-state index is 0.861. The quantitative estimate of drug-likeness (QED) is 0.503. The van der Waals surface area contributed by atoms with Crippen LogP contribution in [0.25, 0.3) is 0 Å². The molecule has 9 heavy (non-hydrogen) atoms. The molecule has 0 aliphatic carbocycles. The maximum atomic E-state index is 3.66. The van der Waals surface area contributed by atoms with Crippen LogP contribution in [0.1, 0.15) is 13.3 Å². The van der Waals surface area contributed by atoms with Crippen molar-refractivity contribution in [1.29, 1.82) is 0 Å². The third kappa shape index (κ3) is 7.22. The van der Waals surface area contributed by atoms with E-state index in [2.05, 4.69) is 6.92 Å². The highest BCUT2D eigenvalue weighted by atomic mass is 13.7. The molecule has 0 bridgehead atoms. The van der Waals surface area contributed by atoms with Crippen LogP contribution in [0.4, 0.5) is 0 Å². The van der Waals surface area contributed by atoms with Crippen molar-refractivity contribution in [3.8, 4) is 0 Å². The molecule has 0 aliphatic heterocycles. The highest BCUT2D eigenvalue weighted by molar-refractivity contribution is 5.10. The molecule has 0 aliphatic rings. The van der Waals surface area contributed by atoms with E-state index < -0.39 is 0 Å². The van der Waals surface area contributed by atoms with Crippen molar-refractivity contribution in [3.05, 3.63) is 43.4 Å².